The van der Waals surface area contributed by atoms with Crippen molar-refractivity contribution in [2.45, 2.75) is 29.4 Å². The van der Waals surface area contributed by atoms with Gasteiger partial charge in [0, 0.05) is 33.3 Å². The van der Waals surface area contributed by atoms with Gasteiger partial charge in [0.2, 0.25) is 0 Å². The molecule has 0 N–H and O–H groups in total. The smallest absolute Gasteiger partial charge is 0.124 e. The van der Waals surface area contributed by atoms with E-state index < -0.39 is 0 Å². The number of piperidine rings is 1. The molecule has 0 aliphatic carbocycles. The molecule has 1 aliphatic rings. The number of rotatable bonds is 5. The summed E-state index contributed by atoms with van der Waals surface area (Å²) in [5.74, 6) is -0.272. The first-order chi connectivity index (χ1) is 13.2. The van der Waals surface area contributed by atoms with Crippen LogP contribution < -0.4 is 0 Å². The van der Waals surface area contributed by atoms with Crippen molar-refractivity contribution < 1.29 is 4.39 Å². The molecule has 4 rings (SSSR count). The molecule has 2 nitrogen and oxygen atoms in total. The summed E-state index contributed by atoms with van der Waals surface area (Å²) in [6.45, 7) is 3.18. The lowest BCUT2D eigenvalue weighted by Gasteiger charge is -2.31. The van der Waals surface area contributed by atoms with Crippen LogP contribution in [0, 0.1) is 5.82 Å². The average Bonchev–Trinajstić information content (AvgIpc) is 2.68. The van der Waals surface area contributed by atoms with Crippen LogP contribution in [0.1, 0.15) is 18.4 Å². The number of benzene rings is 2. The molecule has 1 saturated heterocycles. The highest BCUT2D eigenvalue weighted by Crippen LogP contribution is 2.32. The second-order valence-electron chi connectivity index (χ2n) is 7.00. The second-order valence-corrected chi connectivity index (χ2v) is 8.78. The Kier molecular flexibility index (Phi) is 5.96. The molecule has 1 aromatic heterocycles. The topological polar surface area (TPSA) is 16.1 Å². The van der Waals surface area contributed by atoms with Gasteiger partial charge in [-0.25, -0.2) is 4.39 Å². The van der Waals surface area contributed by atoms with E-state index >= 15 is 0 Å². The van der Waals surface area contributed by atoms with Crippen molar-refractivity contribution in [3.63, 3.8) is 0 Å². The van der Waals surface area contributed by atoms with Crippen molar-refractivity contribution in [3.05, 3.63) is 71.1 Å². The van der Waals surface area contributed by atoms with Crippen LogP contribution in [0.3, 0.4) is 0 Å². The van der Waals surface area contributed by atoms with Gasteiger partial charge in [0.05, 0.1) is 5.52 Å². The van der Waals surface area contributed by atoms with Gasteiger partial charge in [-0.2, -0.15) is 0 Å². The van der Waals surface area contributed by atoms with Crippen LogP contribution in [0.4, 0.5) is 4.39 Å². The molecule has 0 unspecified atom stereocenters. The number of hydrogen-bond donors (Lipinski definition) is 0. The Balaban J connectivity index is 1.28. The van der Waals surface area contributed by atoms with E-state index in [2.05, 4.69) is 34.1 Å². The van der Waals surface area contributed by atoms with Crippen molar-refractivity contribution >= 4 is 34.3 Å². The first-order valence-corrected chi connectivity index (χ1v) is 10.6. The fourth-order valence-electron chi connectivity index (χ4n) is 3.57. The third-order valence-electron chi connectivity index (χ3n) is 5.12. The van der Waals surface area contributed by atoms with Crippen molar-refractivity contribution in [2.75, 3.05) is 19.6 Å². The quantitative estimate of drug-likeness (QED) is 0.536. The highest BCUT2D eigenvalue weighted by molar-refractivity contribution is 8.00. The lowest BCUT2D eigenvalue weighted by atomic mass is 10.1. The molecule has 2 heterocycles. The first kappa shape index (κ1) is 18.7. The van der Waals surface area contributed by atoms with E-state index in [0.29, 0.717) is 10.3 Å². The standard InChI is InChI=1S/C22H22ClFN2S/c23-21-15-18(24)4-3-16(21)7-11-26-12-8-19(9-13-26)27-20-5-6-22-17(14-20)2-1-10-25-22/h1-6,10,14-15,19H,7-9,11-13H2. The van der Waals surface area contributed by atoms with Gasteiger partial charge < -0.3 is 4.90 Å². The molecular weight excluding hydrogens is 379 g/mol. The molecular formula is C22H22ClFN2S. The van der Waals surface area contributed by atoms with Crippen LogP contribution in [0.2, 0.25) is 5.02 Å². The molecule has 140 valence electrons. The van der Waals surface area contributed by atoms with Crippen LogP contribution in [0.25, 0.3) is 10.9 Å². The normalized spacial score (nSPS) is 16.1. The zero-order valence-electron chi connectivity index (χ0n) is 15.1. The van der Waals surface area contributed by atoms with E-state index in [1.807, 2.05) is 24.0 Å². The monoisotopic (exact) mass is 400 g/mol. The van der Waals surface area contributed by atoms with Gasteiger partial charge in [-0.15, -0.1) is 11.8 Å². The molecule has 0 saturated carbocycles. The molecule has 0 amide bonds. The largest absolute Gasteiger partial charge is 0.303 e. The molecule has 1 aliphatic heterocycles. The van der Waals surface area contributed by atoms with E-state index in [1.54, 1.807) is 6.07 Å². The molecule has 0 bridgehead atoms. The van der Waals surface area contributed by atoms with Crippen molar-refractivity contribution in [2.24, 2.45) is 0 Å². The predicted octanol–water partition coefficient (Wildman–Crippen LogP) is 5.83. The van der Waals surface area contributed by atoms with Gasteiger partial charge in [0.25, 0.3) is 0 Å². The molecule has 0 spiro atoms. The van der Waals surface area contributed by atoms with Crippen LogP contribution in [-0.4, -0.2) is 34.8 Å². The molecule has 2 aromatic carbocycles. The Labute approximate surface area is 168 Å². The maximum absolute atomic E-state index is 13.2. The fraction of sp³-hybridized carbons (Fsp3) is 0.318. The van der Waals surface area contributed by atoms with Gasteiger partial charge in [-0.05, 0) is 74.3 Å². The minimum atomic E-state index is -0.272. The minimum Gasteiger partial charge on any atom is -0.303 e. The highest BCUT2D eigenvalue weighted by Gasteiger charge is 2.20. The minimum absolute atomic E-state index is 0.272. The van der Waals surface area contributed by atoms with Crippen LogP contribution in [0.15, 0.2) is 59.6 Å². The van der Waals surface area contributed by atoms with Crippen LogP contribution in [-0.2, 0) is 6.42 Å². The fourth-order valence-corrected chi connectivity index (χ4v) is 5.01. The number of halogens is 2. The third kappa shape index (κ3) is 4.81. The first-order valence-electron chi connectivity index (χ1n) is 9.35. The number of thioether (sulfide) groups is 1. The summed E-state index contributed by atoms with van der Waals surface area (Å²) >= 11 is 8.12. The summed E-state index contributed by atoms with van der Waals surface area (Å²) in [6, 6.07) is 15.3. The summed E-state index contributed by atoms with van der Waals surface area (Å²) in [6.07, 6.45) is 5.08. The highest BCUT2D eigenvalue weighted by atomic mass is 35.5. The Morgan fingerprint density at radius 1 is 1.11 bits per heavy atom. The lowest BCUT2D eigenvalue weighted by Crippen LogP contribution is -2.36. The number of fused-ring (bicyclic) bond motifs is 1. The Hall–Kier alpha value is -1.62. The molecule has 0 radical (unpaired) electrons. The van der Waals surface area contributed by atoms with E-state index in [9.17, 15) is 4.39 Å². The van der Waals surface area contributed by atoms with Gasteiger partial charge in [-0.1, -0.05) is 23.7 Å². The summed E-state index contributed by atoms with van der Waals surface area (Å²) in [4.78, 5) is 8.20. The number of hydrogen-bond acceptors (Lipinski definition) is 3. The zero-order valence-corrected chi connectivity index (χ0v) is 16.6. The maximum atomic E-state index is 13.2. The van der Waals surface area contributed by atoms with Gasteiger partial charge in [-0.3, -0.25) is 4.98 Å². The van der Waals surface area contributed by atoms with Crippen molar-refractivity contribution in [1.29, 1.82) is 0 Å². The summed E-state index contributed by atoms with van der Waals surface area (Å²) < 4.78 is 13.2. The van der Waals surface area contributed by atoms with Gasteiger partial charge in [0.1, 0.15) is 5.82 Å². The zero-order chi connectivity index (χ0) is 18.6. The van der Waals surface area contributed by atoms with Gasteiger partial charge >= 0.3 is 0 Å². The third-order valence-corrected chi connectivity index (χ3v) is 6.81. The molecule has 0 atom stereocenters. The van der Waals surface area contributed by atoms with E-state index in [0.717, 1.165) is 37.1 Å². The molecule has 3 aromatic rings. The summed E-state index contributed by atoms with van der Waals surface area (Å²) in [7, 11) is 0. The van der Waals surface area contributed by atoms with Crippen LogP contribution in [0.5, 0.6) is 0 Å². The van der Waals surface area contributed by atoms with E-state index in [-0.39, 0.29) is 5.82 Å². The Bertz CT molecular complexity index is 925. The molecule has 5 heteroatoms. The van der Waals surface area contributed by atoms with Gasteiger partial charge in [0.15, 0.2) is 0 Å². The summed E-state index contributed by atoms with van der Waals surface area (Å²) in [5, 5.41) is 2.40. The number of likely N-dealkylation sites (tertiary alicyclic amines) is 1. The predicted molar refractivity (Wildman–Crippen MR) is 112 cm³/mol. The Morgan fingerprint density at radius 2 is 1.96 bits per heavy atom. The average molecular weight is 401 g/mol. The number of nitrogens with zero attached hydrogens (tertiary/aromatic N) is 2. The molecule has 27 heavy (non-hydrogen) atoms. The number of aromatic nitrogens is 1. The van der Waals surface area contributed by atoms with Crippen LogP contribution >= 0.6 is 23.4 Å². The number of pyridine rings is 1. The van der Waals surface area contributed by atoms with E-state index in [1.165, 1.54) is 35.3 Å². The van der Waals surface area contributed by atoms with Crippen molar-refractivity contribution in [3.8, 4) is 0 Å². The maximum Gasteiger partial charge on any atom is 0.124 e. The van der Waals surface area contributed by atoms with E-state index in [4.69, 9.17) is 11.6 Å². The molecule has 1 fully saturated rings. The van der Waals surface area contributed by atoms with Crippen molar-refractivity contribution in [1.82, 2.24) is 9.88 Å². The second kappa shape index (κ2) is 8.59. The SMILES string of the molecule is Fc1ccc(CCN2CCC(Sc3ccc4ncccc4c3)CC2)c(Cl)c1. The Morgan fingerprint density at radius 3 is 2.78 bits per heavy atom. The lowest BCUT2D eigenvalue weighted by molar-refractivity contribution is 0.235. The summed E-state index contributed by atoms with van der Waals surface area (Å²) in [5.41, 5.74) is 2.08.